The summed E-state index contributed by atoms with van der Waals surface area (Å²) in [5, 5.41) is 3.39. The third-order valence-electron chi connectivity index (χ3n) is 4.25. The molecule has 2 rings (SSSR count). The fourth-order valence-corrected chi connectivity index (χ4v) is 4.97. The fourth-order valence-electron chi connectivity index (χ4n) is 2.93. The lowest BCUT2D eigenvalue weighted by Crippen LogP contribution is -2.44. The third-order valence-corrected chi connectivity index (χ3v) is 6.33. The van der Waals surface area contributed by atoms with Crippen LogP contribution in [0.4, 0.5) is 4.39 Å². The highest BCUT2D eigenvalue weighted by molar-refractivity contribution is 7.85. The molecule has 0 saturated heterocycles. The van der Waals surface area contributed by atoms with Gasteiger partial charge in [0.15, 0.2) is 0 Å². The van der Waals surface area contributed by atoms with Crippen LogP contribution in [0.25, 0.3) is 0 Å². The molecule has 1 saturated carbocycles. The number of halogens is 2. The molecule has 1 fully saturated rings. The first-order valence-electron chi connectivity index (χ1n) is 7.09. The average molecular weight is 318 g/mol. The Balaban J connectivity index is 2.22. The summed E-state index contributed by atoms with van der Waals surface area (Å²) in [6.45, 7) is 2.18. The second-order valence-electron chi connectivity index (χ2n) is 5.39. The summed E-state index contributed by atoms with van der Waals surface area (Å²) < 4.78 is 26.0. The molecule has 1 aliphatic carbocycles. The van der Waals surface area contributed by atoms with Gasteiger partial charge in [-0.15, -0.1) is 0 Å². The maximum absolute atomic E-state index is 13.2. The maximum Gasteiger partial charge on any atom is 0.141 e. The number of rotatable bonds is 4. The zero-order valence-corrected chi connectivity index (χ0v) is 13.4. The van der Waals surface area contributed by atoms with Gasteiger partial charge in [-0.1, -0.05) is 24.9 Å². The van der Waals surface area contributed by atoms with Gasteiger partial charge in [0.05, 0.1) is 21.1 Å². The van der Waals surface area contributed by atoms with Crippen molar-refractivity contribution >= 4 is 22.4 Å². The van der Waals surface area contributed by atoms with Gasteiger partial charge in [0.25, 0.3) is 0 Å². The first-order chi connectivity index (χ1) is 9.56. The van der Waals surface area contributed by atoms with E-state index in [0.29, 0.717) is 10.8 Å². The molecule has 1 N–H and O–H groups in total. The predicted octanol–water partition coefficient (Wildman–Crippen LogP) is 3.75. The van der Waals surface area contributed by atoms with Gasteiger partial charge in [0, 0.05) is 10.9 Å². The summed E-state index contributed by atoms with van der Waals surface area (Å²) in [7, 11) is 0.761. The van der Waals surface area contributed by atoms with Crippen LogP contribution in [-0.2, 0) is 10.8 Å². The standard InChI is InChI=1S/C15H21ClFNOS/c1-3-10-4-7-14(18-2)15(8-10)20(19)11-5-6-13(17)12(16)9-11/h5-6,9-10,14-15,18H,3-4,7-8H2,1-2H3. The lowest BCUT2D eigenvalue weighted by atomic mass is 9.84. The van der Waals surface area contributed by atoms with Crippen molar-refractivity contribution < 1.29 is 8.60 Å². The quantitative estimate of drug-likeness (QED) is 0.916. The highest BCUT2D eigenvalue weighted by Crippen LogP contribution is 2.32. The first-order valence-corrected chi connectivity index (χ1v) is 8.68. The third kappa shape index (κ3) is 3.41. The molecule has 0 bridgehead atoms. The van der Waals surface area contributed by atoms with Crippen molar-refractivity contribution in [2.24, 2.45) is 5.92 Å². The van der Waals surface area contributed by atoms with E-state index in [9.17, 15) is 8.60 Å². The molecule has 20 heavy (non-hydrogen) atoms. The molecule has 5 heteroatoms. The highest BCUT2D eigenvalue weighted by Gasteiger charge is 2.33. The maximum atomic E-state index is 13.2. The van der Waals surface area contributed by atoms with Crippen LogP contribution in [-0.4, -0.2) is 22.5 Å². The van der Waals surface area contributed by atoms with Crippen LogP contribution in [0.5, 0.6) is 0 Å². The van der Waals surface area contributed by atoms with Crippen LogP contribution in [0.2, 0.25) is 5.02 Å². The molecule has 4 unspecified atom stereocenters. The molecule has 0 aromatic heterocycles. The van der Waals surface area contributed by atoms with Gasteiger partial charge in [-0.2, -0.15) is 0 Å². The van der Waals surface area contributed by atoms with Crippen molar-refractivity contribution in [3.05, 3.63) is 29.0 Å². The Morgan fingerprint density at radius 2 is 2.20 bits per heavy atom. The topological polar surface area (TPSA) is 29.1 Å². The molecule has 2 nitrogen and oxygen atoms in total. The van der Waals surface area contributed by atoms with Gasteiger partial charge in [-0.05, 0) is 50.4 Å². The first kappa shape index (κ1) is 15.9. The number of nitrogens with one attached hydrogen (secondary N) is 1. The molecule has 1 aliphatic rings. The van der Waals surface area contributed by atoms with Crippen molar-refractivity contribution in [2.75, 3.05) is 7.05 Å². The minimum absolute atomic E-state index is 0.0414. The van der Waals surface area contributed by atoms with E-state index >= 15 is 0 Å². The summed E-state index contributed by atoms with van der Waals surface area (Å²) in [6.07, 6.45) is 4.29. The minimum atomic E-state index is -1.15. The van der Waals surface area contributed by atoms with Gasteiger partial charge < -0.3 is 5.32 Å². The van der Waals surface area contributed by atoms with E-state index < -0.39 is 16.6 Å². The zero-order valence-electron chi connectivity index (χ0n) is 11.9. The van der Waals surface area contributed by atoms with E-state index in [1.807, 2.05) is 7.05 Å². The molecule has 0 amide bonds. The number of hydrogen-bond acceptors (Lipinski definition) is 2. The second kappa shape index (κ2) is 7.01. The molecule has 0 radical (unpaired) electrons. The van der Waals surface area contributed by atoms with Crippen LogP contribution in [0, 0.1) is 11.7 Å². The van der Waals surface area contributed by atoms with Crippen molar-refractivity contribution in [3.63, 3.8) is 0 Å². The normalized spacial score (nSPS) is 28.3. The van der Waals surface area contributed by atoms with Crippen LogP contribution < -0.4 is 5.32 Å². The lowest BCUT2D eigenvalue weighted by molar-refractivity contribution is 0.301. The van der Waals surface area contributed by atoms with E-state index in [0.717, 1.165) is 19.3 Å². The molecular weight excluding hydrogens is 297 g/mol. The molecule has 112 valence electrons. The van der Waals surface area contributed by atoms with Gasteiger partial charge in [-0.3, -0.25) is 4.21 Å². The lowest BCUT2D eigenvalue weighted by Gasteiger charge is -2.35. The smallest absolute Gasteiger partial charge is 0.141 e. The van der Waals surface area contributed by atoms with E-state index in [-0.39, 0.29) is 16.3 Å². The summed E-state index contributed by atoms with van der Waals surface area (Å²) in [5.41, 5.74) is 0. The van der Waals surface area contributed by atoms with E-state index in [1.165, 1.54) is 18.6 Å². The van der Waals surface area contributed by atoms with Gasteiger partial charge >= 0.3 is 0 Å². The zero-order chi connectivity index (χ0) is 14.7. The van der Waals surface area contributed by atoms with Crippen molar-refractivity contribution in [1.29, 1.82) is 0 Å². The Hall–Kier alpha value is -0.450. The minimum Gasteiger partial charge on any atom is -0.316 e. The monoisotopic (exact) mass is 317 g/mol. The molecule has 4 atom stereocenters. The molecule has 0 heterocycles. The van der Waals surface area contributed by atoms with Crippen molar-refractivity contribution in [1.82, 2.24) is 5.32 Å². The Bertz CT molecular complexity index is 497. The number of benzene rings is 1. The molecular formula is C15H21ClFNOS. The fraction of sp³-hybridized carbons (Fsp3) is 0.600. The van der Waals surface area contributed by atoms with Gasteiger partial charge in [-0.25, -0.2) is 4.39 Å². The second-order valence-corrected chi connectivity index (χ2v) is 7.47. The highest BCUT2D eigenvalue weighted by atomic mass is 35.5. The van der Waals surface area contributed by atoms with Crippen molar-refractivity contribution in [2.45, 2.75) is 48.8 Å². The molecule has 0 spiro atoms. The Morgan fingerprint density at radius 3 is 2.80 bits per heavy atom. The van der Waals surface area contributed by atoms with E-state index in [2.05, 4.69) is 12.2 Å². The summed E-state index contributed by atoms with van der Waals surface area (Å²) >= 11 is 5.80. The predicted molar refractivity (Wildman–Crippen MR) is 82.1 cm³/mol. The Labute approximate surface area is 127 Å². The SMILES string of the molecule is CCC1CCC(NC)C(S(=O)c2ccc(F)c(Cl)c2)C1. The van der Waals surface area contributed by atoms with Gasteiger partial charge in [0.1, 0.15) is 5.82 Å². The van der Waals surface area contributed by atoms with Crippen LogP contribution in [0.15, 0.2) is 23.1 Å². The Kier molecular flexibility index (Phi) is 5.58. The average Bonchev–Trinajstić information content (AvgIpc) is 2.48. The Morgan fingerprint density at radius 1 is 1.45 bits per heavy atom. The van der Waals surface area contributed by atoms with E-state index in [4.69, 9.17) is 11.6 Å². The largest absolute Gasteiger partial charge is 0.316 e. The van der Waals surface area contributed by atoms with Crippen LogP contribution in [0.3, 0.4) is 0 Å². The number of hydrogen-bond donors (Lipinski definition) is 1. The molecule has 1 aromatic carbocycles. The summed E-state index contributed by atoms with van der Waals surface area (Å²) in [5.74, 6) is 0.164. The van der Waals surface area contributed by atoms with Crippen LogP contribution in [0.1, 0.15) is 32.6 Å². The van der Waals surface area contributed by atoms with Crippen LogP contribution >= 0.6 is 11.6 Å². The summed E-state index contributed by atoms with van der Waals surface area (Å²) in [6, 6.07) is 4.63. The van der Waals surface area contributed by atoms with E-state index in [1.54, 1.807) is 6.07 Å². The van der Waals surface area contributed by atoms with Crippen molar-refractivity contribution in [3.8, 4) is 0 Å². The molecule has 0 aliphatic heterocycles. The summed E-state index contributed by atoms with van der Waals surface area (Å²) in [4.78, 5) is 0.624. The molecule has 1 aromatic rings. The van der Waals surface area contributed by atoms with Gasteiger partial charge in [0.2, 0.25) is 0 Å².